The highest BCUT2D eigenvalue weighted by atomic mass is 19.2. The number of nitrogens with zero attached hydrogens (tertiary/aromatic N) is 3. The summed E-state index contributed by atoms with van der Waals surface area (Å²) in [5.74, 6) is -2.24. The van der Waals surface area contributed by atoms with Crippen LogP contribution in [0.5, 0.6) is 0 Å². The third kappa shape index (κ3) is 2.87. The van der Waals surface area contributed by atoms with Crippen LogP contribution >= 0.6 is 0 Å². The van der Waals surface area contributed by atoms with Gasteiger partial charge in [0.05, 0.1) is 24.5 Å². The zero-order valence-electron chi connectivity index (χ0n) is 13.8. The summed E-state index contributed by atoms with van der Waals surface area (Å²) in [6.07, 6.45) is 2.38. The second-order valence-corrected chi connectivity index (χ2v) is 6.35. The van der Waals surface area contributed by atoms with Crippen molar-refractivity contribution in [2.24, 2.45) is 0 Å². The molecular weight excluding hydrogens is 342 g/mol. The number of rotatable bonds is 2. The number of nitrogens with one attached hydrogen (secondary N) is 1. The van der Waals surface area contributed by atoms with Crippen LogP contribution in [0.3, 0.4) is 0 Å². The van der Waals surface area contributed by atoms with Crippen molar-refractivity contribution in [3.8, 4) is 0 Å². The summed E-state index contributed by atoms with van der Waals surface area (Å²) in [6, 6.07) is 5.62. The predicted octanol–water partition coefficient (Wildman–Crippen LogP) is 2.29. The molecule has 134 valence electrons. The summed E-state index contributed by atoms with van der Waals surface area (Å²) >= 11 is 0. The number of hydrogen-bond acceptors (Lipinski definition) is 3. The molecule has 0 aliphatic carbocycles. The van der Waals surface area contributed by atoms with E-state index in [1.54, 1.807) is 11.1 Å². The minimum absolute atomic E-state index is 0.0445. The van der Waals surface area contributed by atoms with E-state index >= 15 is 0 Å². The van der Waals surface area contributed by atoms with Crippen LogP contribution in [-0.4, -0.2) is 39.8 Å². The Balaban J connectivity index is 1.48. The molecule has 8 heteroatoms. The molecule has 0 atom stereocenters. The van der Waals surface area contributed by atoms with Crippen molar-refractivity contribution >= 4 is 17.6 Å². The molecule has 0 unspecified atom stereocenters. The highest BCUT2D eigenvalue weighted by molar-refractivity contribution is 5.94. The molecule has 1 aromatic carbocycles. The van der Waals surface area contributed by atoms with Crippen molar-refractivity contribution in [1.82, 2.24) is 14.8 Å². The van der Waals surface area contributed by atoms with Crippen molar-refractivity contribution in [3.63, 3.8) is 0 Å². The molecule has 0 fully saturated rings. The minimum Gasteiger partial charge on any atom is -0.335 e. The topological polar surface area (TPSA) is 65.5 Å². The first-order valence-electron chi connectivity index (χ1n) is 8.26. The third-order valence-electron chi connectivity index (χ3n) is 4.73. The molecule has 2 aliphatic rings. The van der Waals surface area contributed by atoms with Crippen LogP contribution in [0, 0.1) is 11.6 Å². The molecule has 0 saturated carbocycles. The van der Waals surface area contributed by atoms with Crippen molar-refractivity contribution in [2.75, 3.05) is 18.4 Å². The first-order valence-corrected chi connectivity index (χ1v) is 8.26. The van der Waals surface area contributed by atoms with Crippen molar-refractivity contribution in [1.29, 1.82) is 0 Å². The molecule has 0 saturated heterocycles. The van der Waals surface area contributed by atoms with E-state index in [4.69, 9.17) is 0 Å². The number of carbonyl (C=O) groups is 2. The minimum atomic E-state index is -1.00. The van der Waals surface area contributed by atoms with Gasteiger partial charge in [-0.05, 0) is 30.2 Å². The Morgan fingerprint density at radius 2 is 2.08 bits per heavy atom. The van der Waals surface area contributed by atoms with E-state index in [1.807, 2.05) is 12.1 Å². The SMILES string of the molecule is O=C(CN1Cc2c(ccc(F)c2F)NC1=O)N1CCc2cccnc2C1. The van der Waals surface area contributed by atoms with Crippen LogP contribution < -0.4 is 5.32 Å². The maximum absolute atomic E-state index is 14.0. The monoisotopic (exact) mass is 358 g/mol. The number of pyridine rings is 1. The van der Waals surface area contributed by atoms with Gasteiger partial charge in [-0.2, -0.15) is 0 Å². The smallest absolute Gasteiger partial charge is 0.322 e. The van der Waals surface area contributed by atoms with Crippen LogP contribution in [0.1, 0.15) is 16.8 Å². The quantitative estimate of drug-likeness (QED) is 0.896. The zero-order valence-corrected chi connectivity index (χ0v) is 13.8. The van der Waals surface area contributed by atoms with Gasteiger partial charge in [0.2, 0.25) is 5.91 Å². The molecule has 6 nitrogen and oxygen atoms in total. The molecule has 1 N–H and O–H groups in total. The van der Waals surface area contributed by atoms with Crippen molar-refractivity contribution < 1.29 is 18.4 Å². The molecule has 2 aromatic rings. The number of hydrogen-bond donors (Lipinski definition) is 1. The molecule has 1 aromatic heterocycles. The number of benzene rings is 1. The summed E-state index contributed by atoms with van der Waals surface area (Å²) < 4.78 is 27.4. The van der Waals surface area contributed by atoms with Crippen molar-refractivity contribution in [2.45, 2.75) is 19.5 Å². The lowest BCUT2D eigenvalue weighted by Gasteiger charge is -2.33. The highest BCUT2D eigenvalue weighted by Gasteiger charge is 2.30. The number of anilines is 1. The molecule has 0 radical (unpaired) electrons. The second-order valence-electron chi connectivity index (χ2n) is 6.35. The van der Waals surface area contributed by atoms with Gasteiger partial charge in [0, 0.05) is 18.3 Å². The van der Waals surface area contributed by atoms with Gasteiger partial charge in [-0.3, -0.25) is 9.78 Å². The van der Waals surface area contributed by atoms with Gasteiger partial charge < -0.3 is 15.1 Å². The maximum atomic E-state index is 14.0. The Morgan fingerprint density at radius 3 is 2.92 bits per heavy atom. The van der Waals surface area contributed by atoms with Crippen molar-refractivity contribution in [3.05, 3.63) is 58.9 Å². The number of urea groups is 1. The fourth-order valence-electron chi connectivity index (χ4n) is 3.28. The van der Waals surface area contributed by atoms with Crippen LogP contribution in [0.15, 0.2) is 30.5 Å². The second kappa shape index (κ2) is 6.36. The molecule has 0 bridgehead atoms. The summed E-state index contributed by atoms with van der Waals surface area (Å²) in [5.41, 5.74) is 2.23. The first-order chi connectivity index (χ1) is 12.5. The molecule has 0 spiro atoms. The van der Waals surface area contributed by atoms with Gasteiger partial charge in [-0.25, -0.2) is 13.6 Å². The van der Waals surface area contributed by atoms with E-state index in [2.05, 4.69) is 10.3 Å². The summed E-state index contributed by atoms with van der Waals surface area (Å²) in [7, 11) is 0. The predicted molar refractivity (Wildman–Crippen MR) is 89.1 cm³/mol. The summed E-state index contributed by atoms with van der Waals surface area (Å²) in [5, 5.41) is 2.50. The number of halogens is 2. The summed E-state index contributed by atoms with van der Waals surface area (Å²) in [4.78, 5) is 31.9. The molecular formula is C18H16F2N4O2. The van der Waals surface area contributed by atoms with Gasteiger partial charge in [0.15, 0.2) is 11.6 Å². The fraction of sp³-hybridized carbons (Fsp3) is 0.278. The Kier molecular flexibility index (Phi) is 4.02. The number of fused-ring (bicyclic) bond motifs is 2. The van der Waals surface area contributed by atoms with E-state index in [-0.39, 0.29) is 30.2 Å². The zero-order chi connectivity index (χ0) is 18.3. The largest absolute Gasteiger partial charge is 0.335 e. The Hall–Kier alpha value is -3.03. The molecule has 2 aliphatic heterocycles. The Bertz CT molecular complexity index is 903. The van der Waals surface area contributed by atoms with Crippen LogP contribution in [-0.2, 0) is 24.3 Å². The Morgan fingerprint density at radius 1 is 1.23 bits per heavy atom. The Labute approximate surface area is 148 Å². The van der Waals surface area contributed by atoms with Crippen LogP contribution in [0.2, 0.25) is 0 Å². The van der Waals surface area contributed by atoms with E-state index in [1.165, 1.54) is 11.0 Å². The van der Waals surface area contributed by atoms with E-state index < -0.39 is 17.7 Å². The van der Waals surface area contributed by atoms with Gasteiger partial charge in [-0.1, -0.05) is 6.07 Å². The molecule has 26 heavy (non-hydrogen) atoms. The average molecular weight is 358 g/mol. The lowest BCUT2D eigenvalue weighted by Crippen LogP contribution is -2.47. The molecule has 3 heterocycles. The van der Waals surface area contributed by atoms with E-state index in [0.717, 1.165) is 17.3 Å². The van der Waals surface area contributed by atoms with E-state index in [9.17, 15) is 18.4 Å². The van der Waals surface area contributed by atoms with Crippen LogP contribution in [0.25, 0.3) is 0 Å². The highest BCUT2D eigenvalue weighted by Crippen LogP contribution is 2.27. The number of amides is 3. The lowest BCUT2D eigenvalue weighted by atomic mass is 10.1. The molecule has 3 amide bonds. The average Bonchev–Trinajstić information content (AvgIpc) is 2.65. The van der Waals surface area contributed by atoms with Gasteiger partial charge in [0.1, 0.15) is 6.54 Å². The van der Waals surface area contributed by atoms with Gasteiger partial charge >= 0.3 is 6.03 Å². The summed E-state index contributed by atoms with van der Waals surface area (Å²) in [6.45, 7) is 0.555. The number of aromatic nitrogens is 1. The standard InChI is InChI=1S/C18H16F2N4O2/c19-13-3-4-14-12(17(13)20)8-24(18(26)22-14)10-16(25)23-7-5-11-2-1-6-21-15(11)9-23/h1-4,6H,5,7-10H2,(H,22,26). The molecule has 4 rings (SSSR count). The van der Waals surface area contributed by atoms with Crippen LogP contribution in [0.4, 0.5) is 19.3 Å². The third-order valence-corrected chi connectivity index (χ3v) is 4.73. The van der Waals surface area contributed by atoms with Gasteiger partial charge in [0.25, 0.3) is 0 Å². The maximum Gasteiger partial charge on any atom is 0.322 e. The number of carbonyl (C=O) groups excluding carboxylic acids is 2. The first kappa shape index (κ1) is 16.4. The fourth-order valence-corrected chi connectivity index (χ4v) is 3.28. The normalized spacial score (nSPS) is 16.0. The lowest BCUT2D eigenvalue weighted by molar-refractivity contribution is -0.132. The van der Waals surface area contributed by atoms with Gasteiger partial charge in [-0.15, -0.1) is 0 Å². The van der Waals surface area contributed by atoms with E-state index in [0.29, 0.717) is 19.5 Å².